The second-order valence-corrected chi connectivity index (χ2v) is 6.63. The Morgan fingerprint density at radius 3 is 2.20 bits per heavy atom. The van der Waals surface area contributed by atoms with Gasteiger partial charge in [0.25, 0.3) is 0 Å². The Hall–Kier alpha value is -0.570. The first-order chi connectivity index (χ1) is 6.97. The van der Waals surface area contributed by atoms with Crippen LogP contribution in [-0.2, 0) is 9.09 Å². The molecule has 0 bridgehead atoms. The van der Waals surface area contributed by atoms with Crippen molar-refractivity contribution in [2.75, 3.05) is 28.2 Å². The van der Waals surface area contributed by atoms with Crippen LogP contribution in [0.25, 0.3) is 0 Å². The first-order valence-corrected chi connectivity index (χ1v) is 6.52. The van der Waals surface area contributed by atoms with E-state index in [-0.39, 0.29) is 0 Å². The Balaban J connectivity index is 2.80. The monoisotopic (exact) mass is 230 g/mol. The molecule has 86 valence electrons. The molecular weight excluding hydrogens is 211 g/mol. The summed E-state index contributed by atoms with van der Waals surface area (Å²) in [5, 5.41) is 0. The third-order valence-electron chi connectivity index (χ3n) is 2.20. The molecule has 0 saturated carbocycles. The van der Waals surface area contributed by atoms with Crippen LogP contribution in [0.5, 0.6) is 0 Å². The van der Waals surface area contributed by atoms with E-state index in [1.807, 2.05) is 18.2 Å². The maximum absolute atomic E-state index is 12.4. The molecular formula is C10H19N2O2P. The molecule has 1 aliphatic rings. The van der Waals surface area contributed by atoms with Crippen LogP contribution >= 0.6 is 7.67 Å². The lowest BCUT2D eigenvalue weighted by Gasteiger charge is -2.30. The summed E-state index contributed by atoms with van der Waals surface area (Å²) < 4.78 is 21.3. The lowest BCUT2D eigenvalue weighted by atomic mass is 10.2. The maximum Gasteiger partial charge on any atom is 0.394 e. The zero-order chi connectivity index (χ0) is 11.5. The van der Waals surface area contributed by atoms with Crippen LogP contribution < -0.4 is 0 Å². The van der Waals surface area contributed by atoms with E-state index in [0.717, 1.165) is 12.8 Å². The molecule has 1 rings (SSSR count). The molecule has 0 amide bonds. The van der Waals surface area contributed by atoms with E-state index in [9.17, 15) is 4.57 Å². The fourth-order valence-corrected chi connectivity index (χ4v) is 2.77. The van der Waals surface area contributed by atoms with Crippen molar-refractivity contribution in [3.63, 3.8) is 0 Å². The van der Waals surface area contributed by atoms with Crippen LogP contribution in [0.3, 0.4) is 0 Å². The van der Waals surface area contributed by atoms with Crippen molar-refractivity contribution in [2.24, 2.45) is 0 Å². The molecule has 0 atom stereocenters. The largest absolute Gasteiger partial charge is 0.422 e. The van der Waals surface area contributed by atoms with E-state index >= 15 is 0 Å². The summed E-state index contributed by atoms with van der Waals surface area (Å²) in [4.78, 5) is 0. The molecule has 0 aromatic rings. The Morgan fingerprint density at radius 1 is 1.20 bits per heavy atom. The molecule has 4 nitrogen and oxygen atoms in total. The van der Waals surface area contributed by atoms with Crippen molar-refractivity contribution >= 4 is 7.67 Å². The third kappa shape index (κ3) is 2.94. The van der Waals surface area contributed by atoms with E-state index in [0.29, 0.717) is 5.76 Å². The van der Waals surface area contributed by atoms with Gasteiger partial charge in [-0.1, -0.05) is 6.08 Å². The summed E-state index contributed by atoms with van der Waals surface area (Å²) in [6.07, 6.45) is 7.86. The number of hydrogen-bond acceptors (Lipinski definition) is 2. The van der Waals surface area contributed by atoms with Crippen LogP contribution in [0.15, 0.2) is 24.0 Å². The van der Waals surface area contributed by atoms with E-state index in [4.69, 9.17) is 4.52 Å². The van der Waals surface area contributed by atoms with Gasteiger partial charge in [0.1, 0.15) is 5.76 Å². The molecule has 0 N–H and O–H groups in total. The average molecular weight is 230 g/mol. The summed E-state index contributed by atoms with van der Waals surface area (Å²) in [6, 6.07) is 0. The lowest BCUT2D eigenvalue weighted by molar-refractivity contribution is 0.309. The van der Waals surface area contributed by atoms with Gasteiger partial charge in [-0.2, -0.15) is 0 Å². The van der Waals surface area contributed by atoms with E-state index in [2.05, 4.69) is 0 Å². The van der Waals surface area contributed by atoms with E-state index in [1.165, 1.54) is 0 Å². The van der Waals surface area contributed by atoms with Gasteiger partial charge in [-0.25, -0.2) is 13.9 Å². The molecule has 0 unspecified atom stereocenters. The predicted molar refractivity (Wildman–Crippen MR) is 62.5 cm³/mol. The zero-order valence-electron chi connectivity index (χ0n) is 9.80. The molecule has 0 aromatic carbocycles. The van der Waals surface area contributed by atoms with Crippen LogP contribution in [-0.4, -0.2) is 37.5 Å². The minimum absolute atomic E-state index is 0.701. The Labute approximate surface area is 91.8 Å². The molecule has 0 radical (unpaired) electrons. The molecule has 0 saturated heterocycles. The summed E-state index contributed by atoms with van der Waals surface area (Å²) in [6.45, 7) is 0. The summed E-state index contributed by atoms with van der Waals surface area (Å²) in [7, 11) is 4.15. The molecule has 0 heterocycles. The van der Waals surface area contributed by atoms with Gasteiger partial charge in [0.15, 0.2) is 0 Å². The van der Waals surface area contributed by atoms with Crippen molar-refractivity contribution in [2.45, 2.75) is 12.8 Å². The molecule has 15 heavy (non-hydrogen) atoms. The van der Waals surface area contributed by atoms with Gasteiger partial charge in [0.2, 0.25) is 0 Å². The molecule has 0 spiro atoms. The number of hydrogen-bond donors (Lipinski definition) is 0. The molecule has 0 fully saturated rings. The Morgan fingerprint density at radius 2 is 1.80 bits per heavy atom. The maximum atomic E-state index is 12.4. The van der Waals surface area contributed by atoms with Gasteiger partial charge in [-0.05, 0) is 53.2 Å². The average Bonchev–Trinajstić information content (AvgIpc) is 2.18. The lowest BCUT2D eigenvalue weighted by Crippen LogP contribution is -2.22. The zero-order valence-corrected chi connectivity index (χ0v) is 10.7. The number of allylic oxidation sites excluding steroid dienone is 3. The van der Waals surface area contributed by atoms with Crippen LogP contribution in [0.4, 0.5) is 0 Å². The second-order valence-electron chi connectivity index (χ2n) is 3.86. The van der Waals surface area contributed by atoms with Gasteiger partial charge in [0.05, 0.1) is 0 Å². The van der Waals surface area contributed by atoms with Gasteiger partial charge < -0.3 is 4.52 Å². The quantitative estimate of drug-likeness (QED) is 0.694. The van der Waals surface area contributed by atoms with Gasteiger partial charge in [-0.15, -0.1) is 0 Å². The van der Waals surface area contributed by atoms with Gasteiger partial charge >= 0.3 is 7.67 Å². The fourth-order valence-electron chi connectivity index (χ4n) is 1.32. The van der Waals surface area contributed by atoms with E-state index in [1.54, 1.807) is 37.5 Å². The second kappa shape index (κ2) is 4.97. The van der Waals surface area contributed by atoms with Crippen molar-refractivity contribution in [3.8, 4) is 0 Å². The highest BCUT2D eigenvalue weighted by Crippen LogP contribution is 2.52. The first-order valence-electron chi connectivity index (χ1n) is 4.99. The standard InChI is InChI=1S/C10H19N2O2P/c1-11(2)15(13,12(3)4)14-10-8-6-5-7-9-10/h6,8-9H,5,7H2,1-4H3. The molecule has 0 aliphatic heterocycles. The van der Waals surface area contributed by atoms with Crippen molar-refractivity contribution in [3.05, 3.63) is 24.0 Å². The highest BCUT2D eigenvalue weighted by molar-refractivity contribution is 7.53. The fraction of sp³-hybridized carbons (Fsp3) is 0.600. The minimum Gasteiger partial charge on any atom is -0.422 e. The first kappa shape index (κ1) is 12.5. The van der Waals surface area contributed by atoms with Crippen molar-refractivity contribution in [1.82, 2.24) is 9.34 Å². The van der Waals surface area contributed by atoms with E-state index < -0.39 is 7.67 Å². The smallest absolute Gasteiger partial charge is 0.394 e. The Bertz CT molecular complexity index is 309. The highest BCUT2D eigenvalue weighted by atomic mass is 31.2. The Kier molecular flexibility index (Phi) is 4.14. The summed E-state index contributed by atoms with van der Waals surface area (Å²) in [5.74, 6) is 0.701. The van der Waals surface area contributed by atoms with Crippen LogP contribution in [0.1, 0.15) is 12.8 Å². The van der Waals surface area contributed by atoms with Gasteiger partial charge in [-0.3, -0.25) is 0 Å². The number of nitrogens with zero attached hydrogens (tertiary/aromatic N) is 2. The summed E-state index contributed by atoms with van der Waals surface area (Å²) >= 11 is 0. The van der Waals surface area contributed by atoms with Crippen molar-refractivity contribution in [1.29, 1.82) is 0 Å². The van der Waals surface area contributed by atoms with Crippen LogP contribution in [0, 0.1) is 0 Å². The molecule has 5 heteroatoms. The minimum atomic E-state index is -2.88. The highest BCUT2D eigenvalue weighted by Gasteiger charge is 2.31. The third-order valence-corrected chi connectivity index (χ3v) is 4.67. The topological polar surface area (TPSA) is 32.8 Å². The number of rotatable bonds is 4. The van der Waals surface area contributed by atoms with Crippen molar-refractivity contribution < 1.29 is 9.09 Å². The predicted octanol–water partition coefficient (Wildman–Crippen LogP) is 2.47. The molecule has 1 aliphatic carbocycles. The van der Waals surface area contributed by atoms with Gasteiger partial charge in [0, 0.05) is 0 Å². The SMILES string of the molecule is CN(C)P(=O)(OC1=CCCC=C1)N(C)C. The molecule has 0 aromatic heterocycles. The summed E-state index contributed by atoms with van der Waals surface area (Å²) in [5.41, 5.74) is 0. The van der Waals surface area contributed by atoms with Crippen LogP contribution in [0.2, 0.25) is 0 Å². The normalized spacial score (nSPS) is 17.1.